The third-order valence-electron chi connectivity index (χ3n) is 5.12. The molecule has 0 bridgehead atoms. The van der Waals surface area contributed by atoms with Crippen LogP contribution >= 0.6 is 11.5 Å². The van der Waals surface area contributed by atoms with Gasteiger partial charge in [-0.1, -0.05) is 0 Å². The number of hydrogen-bond donors (Lipinski definition) is 0. The van der Waals surface area contributed by atoms with E-state index in [1.54, 1.807) is 0 Å². The van der Waals surface area contributed by atoms with Crippen molar-refractivity contribution in [1.29, 1.82) is 0 Å². The molecule has 32 heavy (non-hydrogen) atoms. The van der Waals surface area contributed by atoms with Gasteiger partial charge in [0.25, 0.3) is 0 Å². The zero-order chi connectivity index (χ0) is 22.3. The molecule has 0 aliphatic carbocycles. The second kappa shape index (κ2) is 11.0. The van der Waals surface area contributed by atoms with Crippen molar-refractivity contribution in [1.82, 2.24) is 0 Å². The number of rotatable bonds is 7. The predicted molar refractivity (Wildman–Crippen MR) is 144 cm³/mol. The molecule has 6 heteroatoms. The van der Waals surface area contributed by atoms with Crippen LogP contribution in [0.2, 0.25) is 0 Å². The molecule has 0 spiro atoms. The second-order valence-corrected chi connectivity index (χ2v) is 18.8. The molecular formula is C26H24N2P2Se2-2. The van der Waals surface area contributed by atoms with Crippen molar-refractivity contribution in [3.63, 3.8) is 0 Å². The molecule has 162 valence electrons. The Balaban J connectivity index is 1.71. The van der Waals surface area contributed by atoms with E-state index in [0.29, 0.717) is 13.1 Å². The van der Waals surface area contributed by atoms with Gasteiger partial charge in [0.2, 0.25) is 0 Å². The van der Waals surface area contributed by atoms with E-state index < -0.39 is 11.5 Å². The summed E-state index contributed by atoms with van der Waals surface area (Å²) in [5.74, 6) is -3.92. The van der Waals surface area contributed by atoms with Gasteiger partial charge < -0.3 is 0 Å². The number of hydrogen-bond acceptors (Lipinski definition) is 2. The van der Waals surface area contributed by atoms with Crippen LogP contribution in [0, 0.1) is 0 Å². The normalized spacial score (nSPS) is 11.7. The third-order valence-corrected chi connectivity index (χ3v) is 17.1. The summed E-state index contributed by atoms with van der Waals surface area (Å²) in [5.41, 5.74) is 0. The van der Waals surface area contributed by atoms with Gasteiger partial charge >= 0.3 is 208 Å². The zero-order valence-electron chi connectivity index (χ0n) is 17.6. The Kier molecular flexibility index (Phi) is 8.09. The van der Waals surface area contributed by atoms with Crippen molar-refractivity contribution in [3.8, 4) is 0 Å². The first kappa shape index (κ1) is 23.5. The monoisotopic (exact) mass is 586 g/mol. The molecule has 0 radical (unpaired) electrons. The Morgan fingerprint density at radius 3 is 0.844 bits per heavy atom. The molecule has 0 saturated carbocycles. The van der Waals surface area contributed by atoms with E-state index in [4.69, 9.17) is 9.49 Å². The van der Waals surface area contributed by atoms with Crippen LogP contribution in [0.15, 0.2) is 131 Å². The predicted octanol–water partition coefficient (Wildman–Crippen LogP) is 4.86. The van der Waals surface area contributed by atoms with E-state index in [2.05, 4.69) is 152 Å². The fourth-order valence-corrected chi connectivity index (χ4v) is 11.9. The van der Waals surface area contributed by atoms with Gasteiger partial charge in [-0.15, -0.1) is 0 Å². The maximum absolute atomic E-state index is 5.25. The Hall–Kier alpha value is -1.62. The molecular weight excluding hydrogens is 560 g/mol. The molecule has 0 amide bonds. The first-order valence-corrected chi connectivity index (χ1v) is 18.4. The molecule has 0 fully saturated rings. The van der Waals surface area contributed by atoms with Gasteiger partial charge in [0, 0.05) is 0 Å². The Morgan fingerprint density at radius 1 is 0.406 bits per heavy atom. The molecule has 0 aromatic heterocycles. The summed E-state index contributed by atoms with van der Waals surface area (Å²) in [4.78, 5) is 0. The molecule has 0 heterocycles. The summed E-state index contributed by atoms with van der Waals surface area (Å²) in [6, 6.07) is 42.4. The quantitative estimate of drug-likeness (QED) is 0.169. The van der Waals surface area contributed by atoms with Crippen molar-refractivity contribution >= 4 is 63.8 Å². The molecule has 0 unspecified atom stereocenters. The summed E-state index contributed by atoms with van der Waals surface area (Å²) >= 11 is 6.98. The number of benzene rings is 4. The standard InChI is InChI=1S/C26H24N2P2Se2/c31-29(23-13-5-1-6-14-23,24-15-7-2-8-16-24)27-21-22-28-30(32,25-17-9-3-10-18-25)26-19-11-4-12-20-26/h1-20H,21-22H2/q-2. The fraction of sp³-hybridized carbons (Fsp3) is 0.0769. The van der Waals surface area contributed by atoms with Crippen LogP contribution in [-0.4, -0.2) is 44.2 Å². The average Bonchev–Trinajstić information content (AvgIpc) is 2.88. The van der Waals surface area contributed by atoms with Crippen molar-refractivity contribution in [2.24, 2.45) is 9.49 Å². The van der Waals surface area contributed by atoms with Crippen LogP contribution in [0.25, 0.3) is 0 Å². The topological polar surface area (TPSA) is 24.7 Å². The van der Waals surface area contributed by atoms with E-state index in [9.17, 15) is 0 Å². The summed E-state index contributed by atoms with van der Waals surface area (Å²) in [6.07, 6.45) is 0. The van der Waals surface area contributed by atoms with Crippen molar-refractivity contribution in [2.75, 3.05) is 13.1 Å². The zero-order valence-corrected chi connectivity index (χ0v) is 22.8. The molecule has 2 nitrogen and oxygen atoms in total. The third kappa shape index (κ3) is 5.30. The SMILES string of the molecule is [Se-]P(=NCCN=P([Se-])(c1ccccc1)c1ccccc1)(c1ccccc1)c1ccccc1. The number of nitrogens with zero attached hydrogens (tertiary/aromatic N) is 2. The van der Waals surface area contributed by atoms with Gasteiger partial charge in [-0.2, -0.15) is 0 Å². The molecule has 4 rings (SSSR count). The van der Waals surface area contributed by atoms with Gasteiger partial charge in [-0.05, 0) is 0 Å². The van der Waals surface area contributed by atoms with Crippen LogP contribution in [0.3, 0.4) is 0 Å². The molecule has 0 saturated heterocycles. The van der Waals surface area contributed by atoms with Crippen molar-refractivity contribution in [2.45, 2.75) is 0 Å². The molecule has 4 aromatic rings. The van der Waals surface area contributed by atoms with Crippen LogP contribution in [-0.2, 0) is 0 Å². The molecule has 0 N–H and O–H groups in total. The first-order chi connectivity index (χ1) is 15.6. The molecule has 0 aliphatic rings. The van der Waals surface area contributed by atoms with Crippen molar-refractivity contribution in [3.05, 3.63) is 121 Å². The Labute approximate surface area is 206 Å². The van der Waals surface area contributed by atoms with Crippen LogP contribution < -0.4 is 21.2 Å². The summed E-state index contributed by atoms with van der Waals surface area (Å²) in [7, 11) is 0. The molecule has 0 aliphatic heterocycles. The van der Waals surface area contributed by atoms with Gasteiger partial charge in [0.15, 0.2) is 0 Å². The van der Waals surface area contributed by atoms with Crippen molar-refractivity contribution < 1.29 is 0 Å². The van der Waals surface area contributed by atoms with Gasteiger partial charge in [0.05, 0.1) is 0 Å². The second-order valence-electron chi connectivity index (χ2n) is 7.22. The summed E-state index contributed by atoms with van der Waals surface area (Å²) in [5, 5.41) is 5.01. The first-order valence-electron chi connectivity index (χ1n) is 10.4. The maximum atomic E-state index is 5.25. The average molecular weight is 584 g/mol. The van der Waals surface area contributed by atoms with Crippen LogP contribution in [0.5, 0.6) is 0 Å². The van der Waals surface area contributed by atoms with Crippen LogP contribution in [0.4, 0.5) is 0 Å². The molecule has 0 atom stereocenters. The van der Waals surface area contributed by atoms with E-state index in [-0.39, 0.29) is 0 Å². The molecule has 4 aromatic carbocycles. The van der Waals surface area contributed by atoms with E-state index in [0.717, 1.165) is 0 Å². The van der Waals surface area contributed by atoms with E-state index >= 15 is 0 Å². The minimum atomic E-state index is -1.96. The Morgan fingerprint density at radius 2 is 0.625 bits per heavy atom. The van der Waals surface area contributed by atoms with E-state index in [1.807, 2.05) is 0 Å². The fourth-order valence-electron chi connectivity index (χ4n) is 3.52. The minimum absolute atomic E-state index is 0.674. The van der Waals surface area contributed by atoms with E-state index in [1.165, 1.54) is 21.2 Å². The van der Waals surface area contributed by atoms with Crippen LogP contribution in [0.1, 0.15) is 0 Å². The van der Waals surface area contributed by atoms with Gasteiger partial charge in [-0.3, -0.25) is 0 Å². The Bertz CT molecular complexity index is 1060. The van der Waals surface area contributed by atoms with Gasteiger partial charge in [-0.25, -0.2) is 0 Å². The van der Waals surface area contributed by atoms with Gasteiger partial charge in [0.1, 0.15) is 0 Å². The summed E-state index contributed by atoms with van der Waals surface area (Å²) in [6.45, 7) is 1.35. The summed E-state index contributed by atoms with van der Waals surface area (Å²) < 4.78 is 10.5.